The SMILES string of the molecule is Nc1c(-c2ccccc2)[nH]n(Cc2cccc(F)c2)c1=O. The highest BCUT2D eigenvalue weighted by Crippen LogP contribution is 2.20. The molecule has 0 aliphatic heterocycles. The third kappa shape index (κ3) is 2.58. The minimum atomic E-state index is -0.330. The number of nitrogens with zero attached hydrogens (tertiary/aromatic N) is 1. The number of benzene rings is 2. The zero-order valence-electron chi connectivity index (χ0n) is 11.2. The number of nitrogens with one attached hydrogen (secondary N) is 1. The van der Waals surface area contributed by atoms with Gasteiger partial charge in [0.25, 0.3) is 5.56 Å². The zero-order chi connectivity index (χ0) is 14.8. The van der Waals surface area contributed by atoms with Crippen LogP contribution in [-0.2, 0) is 6.54 Å². The van der Waals surface area contributed by atoms with Crippen LogP contribution in [0.4, 0.5) is 10.1 Å². The Hall–Kier alpha value is -2.82. The van der Waals surface area contributed by atoms with Gasteiger partial charge in [-0.15, -0.1) is 0 Å². The van der Waals surface area contributed by atoms with Crippen molar-refractivity contribution in [1.82, 2.24) is 9.78 Å². The highest BCUT2D eigenvalue weighted by molar-refractivity contribution is 5.71. The van der Waals surface area contributed by atoms with Crippen LogP contribution in [0.3, 0.4) is 0 Å². The van der Waals surface area contributed by atoms with E-state index in [1.807, 2.05) is 30.3 Å². The number of nitrogens with two attached hydrogens (primary N) is 1. The summed E-state index contributed by atoms with van der Waals surface area (Å²) in [6.45, 7) is 0.244. The minimum Gasteiger partial charge on any atom is -0.392 e. The number of aromatic amines is 1. The van der Waals surface area contributed by atoms with Gasteiger partial charge in [-0.1, -0.05) is 42.5 Å². The summed E-state index contributed by atoms with van der Waals surface area (Å²) >= 11 is 0. The summed E-state index contributed by atoms with van der Waals surface area (Å²) in [7, 11) is 0. The van der Waals surface area contributed by atoms with Gasteiger partial charge in [-0.2, -0.15) is 0 Å². The molecule has 0 amide bonds. The minimum absolute atomic E-state index is 0.164. The number of anilines is 1. The molecule has 0 saturated heterocycles. The van der Waals surface area contributed by atoms with Crippen molar-refractivity contribution in [2.24, 2.45) is 0 Å². The maximum Gasteiger partial charge on any atom is 0.290 e. The van der Waals surface area contributed by atoms with Crippen molar-refractivity contribution in [1.29, 1.82) is 0 Å². The summed E-state index contributed by atoms with van der Waals surface area (Å²) in [5, 5.41) is 2.99. The number of hydrogen-bond acceptors (Lipinski definition) is 2. The molecule has 1 heterocycles. The monoisotopic (exact) mass is 283 g/mol. The Kier molecular flexibility index (Phi) is 3.31. The predicted octanol–water partition coefficient (Wildman–Crippen LogP) is 2.61. The van der Waals surface area contributed by atoms with Crippen LogP contribution in [0, 0.1) is 5.82 Å². The molecule has 5 heteroatoms. The van der Waals surface area contributed by atoms with Crippen molar-refractivity contribution in [3.05, 3.63) is 76.3 Å². The van der Waals surface area contributed by atoms with Gasteiger partial charge in [0.15, 0.2) is 0 Å². The predicted molar refractivity (Wildman–Crippen MR) is 80.4 cm³/mol. The molecule has 21 heavy (non-hydrogen) atoms. The normalized spacial score (nSPS) is 10.7. The van der Waals surface area contributed by atoms with Crippen LogP contribution in [-0.4, -0.2) is 9.78 Å². The summed E-state index contributed by atoms with van der Waals surface area (Å²) in [5.41, 5.74) is 7.85. The van der Waals surface area contributed by atoms with Gasteiger partial charge in [-0.3, -0.25) is 9.89 Å². The van der Waals surface area contributed by atoms with Crippen LogP contribution in [0.2, 0.25) is 0 Å². The van der Waals surface area contributed by atoms with E-state index < -0.39 is 0 Å². The lowest BCUT2D eigenvalue weighted by Gasteiger charge is -2.03. The van der Waals surface area contributed by atoms with Crippen molar-refractivity contribution in [2.75, 3.05) is 5.73 Å². The Labute approximate surface area is 120 Å². The van der Waals surface area contributed by atoms with Crippen LogP contribution in [0.15, 0.2) is 59.4 Å². The molecule has 0 saturated carbocycles. The Morgan fingerprint density at radius 2 is 1.86 bits per heavy atom. The highest BCUT2D eigenvalue weighted by Gasteiger charge is 2.12. The lowest BCUT2D eigenvalue weighted by atomic mass is 10.1. The molecule has 4 nitrogen and oxygen atoms in total. The lowest BCUT2D eigenvalue weighted by molar-refractivity contribution is 0.617. The van der Waals surface area contributed by atoms with Gasteiger partial charge in [-0.05, 0) is 17.7 Å². The van der Waals surface area contributed by atoms with E-state index >= 15 is 0 Å². The molecule has 1 aromatic heterocycles. The molecule has 3 rings (SSSR count). The van der Waals surface area contributed by atoms with Crippen molar-refractivity contribution in [3.63, 3.8) is 0 Å². The molecular weight excluding hydrogens is 269 g/mol. The first-order chi connectivity index (χ1) is 10.1. The lowest BCUT2D eigenvalue weighted by Crippen LogP contribution is -2.19. The Balaban J connectivity index is 2.00. The summed E-state index contributed by atoms with van der Waals surface area (Å²) in [6.07, 6.45) is 0. The van der Waals surface area contributed by atoms with Gasteiger partial charge in [-0.25, -0.2) is 9.07 Å². The molecule has 3 aromatic rings. The quantitative estimate of drug-likeness (QED) is 0.776. The molecule has 0 aliphatic carbocycles. The molecule has 0 fully saturated rings. The van der Waals surface area contributed by atoms with Crippen LogP contribution in [0.5, 0.6) is 0 Å². The standard InChI is InChI=1S/C16H14FN3O/c17-13-8-4-5-11(9-13)10-20-16(21)14(18)15(19-20)12-6-2-1-3-7-12/h1-9,19H,10,18H2. The van der Waals surface area contributed by atoms with Gasteiger partial charge in [0.2, 0.25) is 0 Å². The first-order valence-electron chi connectivity index (χ1n) is 6.53. The molecule has 0 spiro atoms. The molecule has 0 atom stereocenters. The Bertz CT molecular complexity index is 821. The molecule has 3 N–H and O–H groups in total. The zero-order valence-corrected chi connectivity index (χ0v) is 11.2. The Morgan fingerprint density at radius 3 is 2.57 bits per heavy atom. The summed E-state index contributed by atoms with van der Waals surface area (Å²) < 4.78 is 14.6. The molecule has 0 unspecified atom stereocenters. The fraction of sp³-hybridized carbons (Fsp3) is 0.0625. The second kappa shape index (κ2) is 5.28. The number of rotatable bonds is 3. The Morgan fingerprint density at radius 1 is 1.10 bits per heavy atom. The largest absolute Gasteiger partial charge is 0.392 e. The van der Waals surface area contributed by atoms with E-state index in [9.17, 15) is 9.18 Å². The average molecular weight is 283 g/mol. The smallest absolute Gasteiger partial charge is 0.290 e. The number of aromatic nitrogens is 2. The maximum atomic E-state index is 13.2. The van der Waals surface area contributed by atoms with E-state index in [0.717, 1.165) is 5.56 Å². The molecule has 106 valence electrons. The molecule has 0 aliphatic rings. The van der Waals surface area contributed by atoms with Gasteiger partial charge in [0, 0.05) is 5.56 Å². The van der Waals surface area contributed by atoms with E-state index in [-0.39, 0.29) is 23.6 Å². The summed E-state index contributed by atoms with van der Waals surface area (Å²) in [6, 6.07) is 15.5. The van der Waals surface area contributed by atoms with Crippen molar-refractivity contribution in [3.8, 4) is 11.3 Å². The fourth-order valence-electron chi connectivity index (χ4n) is 2.25. The fourth-order valence-corrected chi connectivity index (χ4v) is 2.25. The van der Waals surface area contributed by atoms with Gasteiger partial charge >= 0.3 is 0 Å². The van der Waals surface area contributed by atoms with Gasteiger partial charge < -0.3 is 5.73 Å². The highest BCUT2D eigenvalue weighted by atomic mass is 19.1. The van der Waals surface area contributed by atoms with Crippen LogP contribution >= 0.6 is 0 Å². The number of halogens is 1. The van der Waals surface area contributed by atoms with E-state index in [1.165, 1.54) is 16.8 Å². The van der Waals surface area contributed by atoms with Crippen LogP contribution < -0.4 is 11.3 Å². The van der Waals surface area contributed by atoms with Crippen LogP contribution in [0.25, 0.3) is 11.3 Å². The first-order valence-corrected chi connectivity index (χ1v) is 6.53. The third-order valence-corrected chi connectivity index (χ3v) is 3.28. The first kappa shape index (κ1) is 13.2. The van der Waals surface area contributed by atoms with E-state index in [4.69, 9.17) is 5.73 Å². The van der Waals surface area contributed by atoms with Crippen molar-refractivity contribution < 1.29 is 4.39 Å². The van der Waals surface area contributed by atoms with Crippen molar-refractivity contribution >= 4 is 5.69 Å². The van der Waals surface area contributed by atoms with E-state index in [0.29, 0.717) is 11.3 Å². The molecule has 0 bridgehead atoms. The van der Waals surface area contributed by atoms with E-state index in [1.54, 1.807) is 12.1 Å². The second-order valence-corrected chi connectivity index (χ2v) is 4.79. The second-order valence-electron chi connectivity index (χ2n) is 4.79. The summed E-state index contributed by atoms with van der Waals surface area (Å²) in [4.78, 5) is 12.2. The summed E-state index contributed by atoms with van der Waals surface area (Å²) in [5.74, 6) is -0.330. The van der Waals surface area contributed by atoms with Crippen molar-refractivity contribution in [2.45, 2.75) is 6.54 Å². The average Bonchev–Trinajstić information content (AvgIpc) is 2.77. The van der Waals surface area contributed by atoms with Gasteiger partial charge in [0.05, 0.1) is 12.2 Å². The van der Waals surface area contributed by atoms with E-state index in [2.05, 4.69) is 5.10 Å². The van der Waals surface area contributed by atoms with Gasteiger partial charge in [0.1, 0.15) is 11.5 Å². The third-order valence-electron chi connectivity index (χ3n) is 3.28. The number of nitrogen functional groups attached to an aromatic ring is 1. The molecule has 0 radical (unpaired) electrons. The maximum absolute atomic E-state index is 13.2. The molecular formula is C16H14FN3O. The number of H-pyrrole nitrogens is 1. The van der Waals surface area contributed by atoms with Crippen LogP contribution in [0.1, 0.15) is 5.56 Å². The topological polar surface area (TPSA) is 63.8 Å². The number of hydrogen-bond donors (Lipinski definition) is 2. The molecule has 2 aromatic carbocycles.